The number of piperidine rings is 1. The number of nitro groups is 1. The predicted molar refractivity (Wildman–Crippen MR) is 77.2 cm³/mol. The van der Waals surface area contributed by atoms with Crippen LogP contribution in [0.2, 0.25) is 10.0 Å². The summed E-state index contributed by atoms with van der Waals surface area (Å²) in [6, 6.07) is 2.99. The van der Waals surface area contributed by atoms with Gasteiger partial charge in [-0.05, 0) is 25.3 Å². The molecule has 2 rings (SSSR count). The van der Waals surface area contributed by atoms with E-state index >= 15 is 0 Å². The summed E-state index contributed by atoms with van der Waals surface area (Å²) in [5.74, 6) is 0. The minimum Gasteiger partial charge on any atom is -0.362 e. The molecule has 1 heterocycles. The molecule has 5 nitrogen and oxygen atoms in total. The van der Waals surface area contributed by atoms with Crippen LogP contribution in [0, 0.1) is 10.1 Å². The average molecular weight is 304 g/mol. The smallest absolute Gasteiger partial charge is 0.294 e. The van der Waals surface area contributed by atoms with E-state index in [0.29, 0.717) is 17.3 Å². The molecule has 1 saturated heterocycles. The number of anilines is 1. The third kappa shape index (κ3) is 2.94. The van der Waals surface area contributed by atoms with E-state index in [9.17, 15) is 10.1 Å². The number of nitrogens with zero attached hydrogens (tertiary/aromatic N) is 2. The monoisotopic (exact) mass is 303 g/mol. The number of hydrogen-bond donors (Lipinski definition) is 1. The number of rotatable bonds is 3. The lowest BCUT2D eigenvalue weighted by atomic mass is 10.0. The van der Waals surface area contributed by atoms with Crippen LogP contribution in [0.15, 0.2) is 12.1 Å². The summed E-state index contributed by atoms with van der Waals surface area (Å²) in [5.41, 5.74) is 6.24. The molecule has 0 saturated carbocycles. The molecule has 2 N–H and O–H groups in total. The lowest BCUT2D eigenvalue weighted by Crippen LogP contribution is -2.44. The first kappa shape index (κ1) is 14.4. The Balaban J connectivity index is 2.47. The van der Waals surface area contributed by atoms with E-state index in [1.807, 2.05) is 4.90 Å². The van der Waals surface area contributed by atoms with E-state index in [1.54, 1.807) is 6.07 Å². The Morgan fingerprint density at radius 3 is 2.68 bits per heavy atom. The maximum absolute atomic E-state index is 11.2. The molecule has 1 unspecified atom stereocenters. The number of hydrogen-bond acceptors (Lipinski definition) is 4. The second-order valence-corrected chi connectivity index (χ2v) is 5.41. The fourth-order valence-corrected chi connectivity index (χ4v) is 2.78. The van der Waals surface area contributed by atoms with Crippen LogP contribution in [0.1, 0.15) is 19.3 Å². The lowest BCUT2D eigenvalue weighted by molar-refractivity contribution is -0.384. The number of benzene rings is 1. The molecular weight excluding hydrogens is 289 g/mol. The quantitative estimate of drug-likeness (QED) is 0.687. The van der Waals surface area contributed by atoms with Crippen molar-refractivity contribution in [3.8, 4) is 0 Å². The van der Waals surface area contributed by atoms with Crippen LogP contribution in [-0.2, 0) is 0 Å². The van der Waals surface area contributed by atoms with Gasteiger partial charge in [-0.25, -0.2) is 0 Å². The second kappa shape index (κ2) is 5.94. The summed E-state index contributed by atoms with van der Waals surface area (Å²) < 4.78 is 0. The van der Waals surface area contributed by atoms with Crippen molar-refractivity contribution in [1.82, 2.24) is 0 Å². The molecule has 1 atom stereocenters. The molecule has 1 aliphatic heterocycles. The van der Waals surface area contributed by atoms with Gasteiger partial charge in [0.2, 0.25) is 0 Å². The van der Waals surface area contributed by atoms with Crippen molar-refractivity contribution >= 4 is 34.6 Å². The topological polar surface area (TPSA) is 72.4 Å². The molecule has 0 aromatic heterocycles. The average Bonchev–Trinajstić information content (AvgIpc) is 2.41. The second-order valence-electron chi connectivity index (χ2n) is 4.59. The molecule has 1 aromatic carbocycles. The van der Waals surface area contributed by atoms with E-state index in [0.717, 1.165) is 25.8 Å². The Bertz CT molecular complexity index is 496. The molecule has 0 spiro atoms. The van der Waals surface area contributed by atoms with Crippen molar-refractivity contribution in [1.29, 1.82) is 0 Å². The highest BCUT2D eigenvalue weighted by Crippen LogP contribution is 2.38. The van der Waals surface area contributed by atoms with Crippen molar-refractivity contribution in [3.63, 3.8) is 0 Å². The SMILES string of the molecule is NCC1CCCCN1c1cc(Cl)c(Cl)cc1[N+](=O)[O-]. The van der Waals surface area contributed by atoms with Gasteiger partial charge in [0.1, 0.15) is 5.69 Å². The van der Waals surface area contributed by atoms with E-state index in [1.165, 1.54) is 6.07 Å². The van der Waals surface area contributed by atoms with Crippen molar-refractivity contribution in [2.24, 2.45) is 5.73 Å². The normalized spacial score (nSPS) is 19.5. The van der Waals surface area contributed by atoms with Crippen LogP contribution in [0.25, 0.3) is 0 Å². The third-order valence-electron chi connectivity index (χ3n) is 3.42. The van der Waals surface area contributed by atoms with Crippen LogP contribution in [0.3, 0.4) is 0 Å². The predicted octanol–water partition coefficient (Wildman–Crippen LogP) is 3.22. The summed E-state index contributed by atoms with van der Waals surface area (Å²) >= 11 is 11.8. The van der Waals surface area contributed by atoms with Gasteiger partial charge in [-0.3, -0.25) is 10.1 Å². The van der Waals surface area contributed by atoms with E-state index < -0.39 is 4.92 Å². The molecule has 0 aliphatic carbocycles. The molecule has 7 heteroatoms. The molecule has 104 valence electrons. The van der Waals surface area contributed by atoms with Gasteiger partial charge in [0.05, 0.1) is 15.0 Å². The summed E-state index contributed by atoms with van der Waals surface area (Å²) in [6.07, 6.45) is 3.02. The van der Waals surface area contributed by atoms with Gasteiger partial charge in [0, 0.05) is 25.2 Å². The van der Waals surface area contributed by atoms with E-state index in [2.05, 4.69) is 0 Å². The summed E-state index contributed by atoms with van der Waals surface area (Å²) in [6.45, 7) is 1.22. The Morgan fingerprint density at radius 1 is 1.37 bits per heavy atom. The molecule has 19 heavy (non-hydrogen) atoms. The zero-order valence-electron chi connectivity index (χ0n) is 10.3. The van der Waals surface area contributed by atoms with Crippen LogP contribution in [-0.4, -0.2) is 24.1 Å². The van der Waals surface area contributed by atoms with Gasteiger partial charge >= 0.3 is 0 Å². The zero-order chi connectivity index (χ0) is 14.0. The third-order valence-corrected chi connectivity index (χ3v) is 4.14. The van der Waals surface area contributed by atoms with Crippen LogP contribution >= 0.6 is 23.2 Å². The molecular formula is C12H15Cl2N3O2. The van der Waals surface area contributed by atoms with Crippen molar-refractivity contribution in [3.05, 3.63) is 32.3 Å². The maximum atomic E-state index is 11.2. The number of halogens is 2. The van der Waals surface area contributed by atoms with Crippen LogP contribution in [0.5, 0.6) is 0 Å². The molecule has 0 radical (unpaired) electrons. The van der Waals surface area contributed by atoms with Crippen molar-refractivity contribution in [2.75, 3.05) is 18.0 Å². The zero-order valence-corrected chi connectivity index (χ0v) is 11.8. The first-order chi connectivity index (χ1) is 9.04. The standard InChI is InChI=1S/C12H15Cl2N3O2/c13-9-5-11(12(17(18)19)6-10(9)14)16-4-2-1-3-8(16)7-15/h5-6,8H,1-4,7,15H2. The summed E-state index contributed by atoms with van der Waals surface area (Å²) in [7, 11) is 0. The number of nitrogens with two attached hydrogens (primary N) is 1. The largest absolute Gasteiger partial charge is 0.362 e. The Labute approximate surface area is 121 Å². The highest BCUT2D eigenvalue weighted by molar-refractivity contribution is 6.42. The first-order valence-corrected chi connectivity index (χ1v) is 6.90. The molecule has 1 aliphatic rings. The minimum atomic E-state index is -0.431. The van der Waals surface area contributed by atoms with E-state index in [-0.39, 0.29) is 16.8 Å². The maximum Gasteiger partial charge on any atom is 0.294 e. The minimum absolute atomic E-state index is 0.0187. The van der Waals surface area contributed by atoms with Gasteiger partial charge in [-0.1, -0.05) is 23.2 Å². The van der Waals surface area contributed by atoms with E-state index in [4.69, 9.17) is 28.9 Å². The molecule has 0 amide bonds. The van der Waals surface area contributed by atoms with Crippen LogP contribution in [0.4, 0.5) is 11.4 Å². The lowest BCUT2D eigenvalue weighted by Gasteiger charge is -2.36. The Hall–Kier alpha value is -1.04. The highest BCUT2D eigenvalue weighted by atomic mass is 35.5. The highest BCUT2D eigenvalue weighted by Gasteiger charge is 2.28. The van der Waals surface area contributed by atoms with Gasteiger partial charge in [-0.15, -0.1) is 0 Å². The van der Waals surface area contributed by atoms with Gasteiger partial charge in [0.25, 0.3) is 5.69 Å². The van der Waals surface area contributed by atoms with Gasteiger partial charge < -0.3 is 10.6 Å². The number of nitro benzene ring substituents is 1. The molecule has 1 aromatic rings. The first-order valence-electron chi connectivity index (χ1n) is 6.14. The summed E-state index contributed by atoms with van der Waals surface area (Å²) in [5, 5.41) is 11.7. The Morgan fingerprint density at radius 2 is 2.05 bits per heavy atom. The fourth-order valence-electron chi connectivity index (χ4n) is 2.46. The molecule has 0 bridgehead atoms. The van der Waals surface area contributed by atoms with Gasteiger partial charge in [0.15, 0.2) is 0 Å². The van der Waals surface area contributed by atoms with Crippen molar-refractivity contribution in [2.45, 2.75) is 25.3 Å². The Kier molecular flexibility index (Phi) is 4.50. The molecule has 1 fully saturated rings. The summed E-state index contributed by atoms with van der Waals surface area (Å²) in [4.78, 5) is 12.7. The fraction of sp³-hybridized carbons (Fsp3) is 0.500. The van der Waals surface area contributed by atoms with Crippen LogP contribution < -0.4 is 10.6 Å². The van der Waals surface area contributed by atoms with Gasteiger partial charge in [-0.2, -0.15) is 0 Å². The van der Waals surface area contributed by atoms with Crippen molar-refractivity contribution < 1.29 is 4.92 Å².